The van der Waals surface area contributed by atoms with Crippen LogP contribution in [0.15, 0.2) is 96.0 Å². The molecule has 4 rings (SSSR count). The van der Waals surface area contributed by atoms with Crippen LogP contribution in [0.1, 0.15) is 17.4 Å². The molecule has 3 aromatic carbocycles. The van der Waals surface area contributed by atoms with Crippen LogP contribution in [-0.4, -0.2) is 18.1 Å². The van der Waals surface area contributed by atoms with Crippen LogP contribution in [0.5, 0.6) is 11.5 Å². The Bertz CT molecular complexity index is 1150. The highest BCUT2D eigenvalue weighted by atomic mass is 32.1. The Labute approximate surface area is 179 Å². The molecule has 150 valence electrons. The minimum atomic E-state index is -0.339. The van der Waals surface area contributed by atoms with Crippen LogP contribution in [-0.2, 0) is 4.79 Å². The second-order valence-electron chi connectivity index (χ2n) is 6.75. The maximum absolute atomic E-state index is 11.8. The van der Waals surface area contributed by atoms with Crippen molar-refractivity contribution < 1.29 is 14.4 Å². The van der Waals surface area contributed by atoms with E-state index in [0.717, 1.165) is 21.4 Å². The van der Waals surface area contributed by atoms with Gasteiger partial charge in [0.05, 0.1) is 0 Å². The minimum Gasteiger partial charge on any atom is -0.484 e. The number of hydrogen-bond acceptors (Lipinski definition) is 5. The van der Waals surface area contributed by atoms with Gasteiger partial charge in [0.15, 0.2) is 5.75 Å². The quantitative estimate of drug-likeness (QED) is 0.259. The molecule has 0 fully saturated rings. The lowest BCUT2D eigenvalue weighted by Crippen LogP contribution is -2.24. The largest absolute Gasteiger partial charge is 0.484 e. The zero-order valence-electron chi connectivity index (χ0n) is 16.5. The van der Waals surface area contributed by atoms with E-state index in [-0.39, 0.29) is 6.10 Å². The number of fused-ring (bicyclic) bond motifs is 1. The third kappa shape index (κ3) is 4.54. The number of para-hydroxylation sites is 1. The third-order valence-electron chi connectivity index (χ3n) is 4.74. The summed E-state index contributed by atoms with van der Waals surface area (Å²) in [6.45, 7) is 0. The summed E-state index contributed by atoms with van der Waals surface area (Å²) in [5.74, 6) is 3.46. The number of hydrogen-bond donors (Lipinski definition) is 0. The molecule has 1 aromatic heterocycles. The van der Waals surface area contributed by atoms with E-state index in [1.807, 2.05) is 84.1 Å². The van der Waals surface area contributed by atoms with Crippen molar-refractivity contribution in [3.63, 3.8) is 0 Å². The van der Waals surface area contributed by atoms with E-state index in [1.165, 1.54) is 5.06 Å². The Morgan fingerprint density at radius 1 is 0.967 bits per heavy atom. The molecule has 1 heterocycles. The maximum Gasteiger partial charge on any atom is 0.155 e. The molecule has 0 unspecified atom stereocenters. The summed E-state index contributed by atoms with van der Waals surface area (Å²) in [4.78, 5) is 18.6. The van der Waals surface area contributed by atoms with Crippen molar-refractivity contribution in [2.75, 3.05) is 7.05 Å². The summed E-state index contributed by atoms with van der Waals surface area (Å²) in [5.41, 5.74) is 0.373. The number of hydroxylamine groups is 2. The second-order valence-corrected chi connectivity index (χ2v) is 7.73. The van der Waals surface area contributed by atoms with Gasteiger partial charge in [-0.1, -0.05) is 60.7 Å². The summed E-state index contributed by atoms with van der Waals surface area (Å²) in [6, 6.07) is 27.4. The zero-order valence-corrected chi connectivity index (χ0v) is 17.3. The highest BCUT2D eigenvalue weighted by molar-refractivity contribution is 7.10. The molecule has 4 nitrogen and oxygen atoms in total. The normalized spacial score (nSPS) is 11.5. The highest BCUT2D eigenvalue weighted by Gasteiger charge is 2.21. The lowest BCUT2D eigenvalue weighted by atomic mass is 10.1. The predicted molar refractivity (Wildman–Crippen MR) is 120 cm³/mol. The Morgan fingerprint density at radius 3 is 2.50 bits per heavy atom. The Morgan fingerprint density at radius 2 is 1.73 bits per heavy atom. The van der Waals surface area contributed by atoms with E-state index >= 15 is 0 Å². The van der Waals surface area contributed by atoms with E-state index in [0.29, 0.717) is 17.9 Å². The molecule has 0 bridgehead atoms. The SMILES string of the molecule is CN(Oc1ccccc1)C(=C=O)C[C@H](Oc1cccc2ccccc12)c1cccs1. The summed E-state index contributed by atoms with van der Waals surface area (Å²) in [5, 5.41) is 5.60. The summed E-state index contributed by atoms with van der Waals surface area (Å²) in [6.07, 6.45) is -0.00889. The molecule has 5 heteroatoms. The molecule has 0 N–H and O–H groups in total. The number of thiophene rings is 1. The lowest BCUT2D eigenvalue weighted by molar-refractivity contribution is -0.00162. The molecule has 0 saturated carbocycles. The van der Waals surface area contributed by atoms with Gasteiger partial charge in [-0.15, -0.1) is 11.3 Å². The van der Waals surface area contributed by atoms with E-state index in [1.54, 1.807) is 18.4 Å². The first-order valence-corrected chi connectivity index (χ1v) is 10.5. The molecule has 0 saturated heterocycles. The van der Waals surface area contributed by atoms with Crippen molar-refractivity contribution in [3.05, 3.63) is 101 Å². The summed E-state index contributed by atoms with van der Waals surface area (Å²) in [7, 11) is 1.70. The van der Waals surface area contributed by atoms with E-state index < -0.39 is 0 Å². The van der Waals surface area contributed by atoms with Crippen LogP contribution < -0.4 is 9.57 Å². The van der Waals surface area contributed by atoms with Crippen molar-refractivity contribution in [3.8, 4) is 11.5 Å². The predicted octanol–water partition coefficient (Wildman–Crippen LogP) is 6.05. The topological polar surface area (TPSA) is 38.8 Å². The van der Waals surface area contributed by atoms with Crippen LogP contribution in [0.25, 0.3) is 10.8 Å². The number of nitrogens with zero attached hydrogens (tertiary/aromatic N) is 1. The molecule has 0 radical (unpaired) electrons. The van der Waals surface area contributed by atoms with Gasteiger partial charge in [0.1, 0.15) is 23.5 Å². The van der Waals surface area contributed by atoms with Gasteiger partial charge in [0.2, 0.25) is 0 Å². The molecule has 30 heavy (non-hydrogen) atoms. The molecule has 0 spiro atoms. The average Bonchev–Trinajstić information content (AvgIpc) is 3.32. The van der Waals surface area contributed by atoms with Gasteiger partial charge in [-0.3, -0.25) is 0 Å². The van der Waals surface area contributed by atoms with Crippen molar-refractivity contribution in [1.29, 1.82) is 0 Å². The molecule has 0 aliphatic carbocycles. The van der Waals surface area contributed by atoms with Crippen molar-refractivity contribution in [1.82, 2.24) is 5.06 Å². The molecule has 1 atom stereocenters. The summed E-state index contributed by atoms with van der Waals surface area (Å²) < 4.78 is 6.43. The fourth-order valence-electron chi connectivity index (χ4n) is 3.23. The van der Waals surface area contributed by atoms with Gasteiger partial charge >= 0.3 is 0 Å². The third-order valence-corrected chi connectivity index (χ3v) is 5.71. The standard InChI is InChI=1S/C25H21NO3S/c1-26(29-21-11-3-2-4-12-21)20(18-27)17-24(25-15-8-16-30-25)28-23-14-7-10-19-9-5-6-13-22(19)23/h2-16,24H,17H2,1H3/t24-/m0/s1. The van der Waals surface area contributed by atoms with Crippen molar-refractivity contribution in [2.45, 2.75) is 12.5 Å². The van der Waals surface area contributed by atoms with Gasteiger partial charge in [0.25, 0.3) is 0 Å². The van der Waals surface area contributed by atoms with Crippen LogP contribution >= 0.6 is 11.3 Å². The molecule has 0 amide bonds. The molecule has 0 aliphatic heterocycles. The average molecular weight is 416 g/mol. The molecular formula is C25H21NO3S. The number of ether oxygens (including phenoxy) is 1. The fraction of sp³-hybridized carbons (Fsp3) is 0.120. The van der Waals surface area contributed by atoms with Gasteiger partial charge in [-0.05, 0) is 35.0 Å². The van der Waals surface area contributed by atoms with E-state index in [2.05, 4.69) is 12.1 Å². The zero-order chi connectivity index (χ0) is 20.8. The van der Waals surface area contributed by atoms with Crippen LogP contribution in [0.2, 0.25) is 0 Å². The van der Waals surface area contributed by atoms with Crippen molar-refractivity contribution in [2.24, 2.45) is 0 Å². The Kier molecular flexibility index (Phi) is 6.14. The number of benzene rings is 3. The first-order valence-electron chi connectivity index (χ1n) is 9.63. The van der Waals surface area contributed by atoms with Gasteiger partial charge in [0, 0.05) is 23.7 Å². The smallest absolute Gasteiger partial charge is 0.155 e. The van der Waals surface area contributed by atoms with Gasteiger partial charge < -0.3 is 9.57 Å². The molecule has 4 aromatic rings. The Hall–Kier alpha value is -3.53. The van der Waals surface area contributed by atoms with Crippen molar-refractivity contribution >= 4 is 28.1 Å². The van der Waals surface area contributed by atoms with E-state index in [9.17, 15) is 4.79 Å². The molecular weight excluding hydrogens is 394 g/mol. The van der Waals surface area contributed by atoms with Crippen LogP contribution in [0, 0.1) is 0 Å². The van der Waals surface area contributed by atoms with Crippen LogP contribution in [0.4, 0.5) is 0 Å². The van der Waals surface area contributed by atoms with Gasteiger partial charge in [-0.25, -0.2) is 9.86 Å². The molecule has 0 aliphatic rings. The minimum absolute atomic E-state index is 0.330. The maximum atomic E-state index is 11.8. The first kappa shape index (κ1) is 19.8. The van der Waals surface area contributed by atoms with Crippen LogP contribution in [0.3, 0.4) is 0 Å². The second kappa shape index (κ2) is 9.31. The van der Waals surface area contributed by atoms with Gasteiger partial charge in [-0.2, -0.15) is 0 Å². The lowest BCUT2D eigenvalue weighted by Gasteiger charge is -2.24. The summed E-state index contributed by atoms with van der Waals surface area (Å²) >= 11 is 1.60. The number of rotatable bonds is 8. The monoisotopic (exact) mass is 415 g/mol. The first-order chi connectivity index (χ1) is 14.7. The Balaban J connectivity index is 1.59. The fourth-order valence-corrected chi connectivity index (χ4v) is 3.99. The highest BCUT2D eigenvalue weighted by Crippen LogP contribution is 2.34. The van der Waals surface area contributed by atoms with E-state index in [4.69, 9.17) is 9.57 Å². The number of carbonyl (C=O) groups excluding carboxylic acids is 1.